The number of benzene rings is 2. The molecule has 0 saturated carbocycles. The SMILES string of the molecule is O=C(CC(Sc1cccc2cccnc12)c1ccc(Cl)cc1)c1cccs1. The monoisotopic (exact) mass is 409 g/mol. The van der Waals surface area contributed by atoms with Crippen LogP contribution in [0.4, 0.5) is 0 Å². The number of thiophene rings is 1. The fourth-order valence-electron chi connectivity index (χ4n) is 2.94. The maximum atomic E-state index is 12.8. The third-order valence-electron chi connectivity index (χ3n) is 4.27. The minimum atomic E-state index is -0.00975. The average Bonchev–Trinajstić information content (AvgIpc) is 3.23. The third kappa shape index (κ3) is 4.24. The number of halogens is 1. The van der Waals surface area contributed by atoms with E-state index in [2.05, 4.69) is 23.2 Å². The molecule has 2 aromatic carbocycles. The molecule has 0 spiro atoms. The van der Waals surface area contributed by atoms with Crippen molar-refractivity contribution in [2.45, 2.75) is 16.6 Å². The molecule has 2 nitrogen and oxygen atoms in total. The van der Waals surface area contributed by atoms with E-state index < -0.39 is 0 Å². The molecule has 0 radical (unpaired) electrons. The summed E-state index contributed by atoms with van der Waals surface area (Å²) in [5.74, 6) is 0.158. The van der Waals surface area contributed by atoms with E-state index in [0.717, 1.165) is 26.2 Å². The zero-order chi connectivity index (χ0) is 18.6. The van der Waals surface area contributed by atoms with Crippen LogP contribution in [-0.4, -0.2) is 10.8 Å². The Kier molecular flexibility index (Phi) is 5.58. The fourth-order valence-corrected chi connectivity index (χ4v) is 5.01. The maximum absolute atomic E-state index is 12.8. The van der Waals surface area contributed by atoms with Gasteiger partial charge in [0, 0.05) is 33.2 Å². The summed E-state index contributed by atoms with van der Waals surface area (Å²) in [7, 11) is 0. The molecular weight excluding hydrogens is 394 g/mol. The number of rotatable bonds is 6. The van der Waals surface area contributed by atoms with Crippen LogP contribution in [0.25, 0.3) is 10.9 Å². The van der Waals surface area contributed by atoms with Gasteiger partial charge in [0.15, 0.2) is 5.78 Å². The summed E-state index contributed by atoms with van der Waals surface area (Å²) >= 11 is 9.23. The maximum Gasteiger partial charge on any atom is 0.174 e. The van der Waals surface area contributed by atoms with Gasteiger partial charge in [0.1, 0.15) is 0 Å². The number of thioether (sulfide) groups is 1. The van der Waals surface area contributed by atoms with E-state index in [4.69, 9.17) is 11.6 Å². The number of ketones is 1. The van der Waals surface area contributed by atoms with Crippen molar-refractivity contribution in [3.63, 3.8) is 0 Å². The fraction of sp³-hybridized carbons (Fsp3) is 0.0909. The van der Waals surface area contributed by atoms with E-state index in [1.165, 1.54) is 11.3 Å². The Labute approximate surface area is 171 Å². The first-order valence-corrected chi connectivity index (χ1v) is 10.7. The number of aromatic nitrogens is 1. The van der Waals surface area contributed by atoms with E-state index in [-0.39, 0.29) is 11.0 Å². The Morgan fingerprint density at radius 3 is 2.63 bits per heavy atom. The number of carbonyl (C=O) groups is 1. The molecule has 0 N–H and O–H groups in total. The Hall–Kier alpha value is -2.14. The molecule has 4 aromatic rings. The molecule has 1 unspecified atom stereocenters. The zero-order valence-electron chi connectivity index (χ0n) is 14.3. The summed E-state index contributed by atoms with van der Waals surface area (Å²) < 4.78 is 0. The quantitative estimate of drug-likeness (QED) is 0.252. The number of para-hydroxylation sites is 1. The smallest absolute Gasteiger partial charge is 0.174 e. The highest BCUT2D eigenvalue weighted by Crippen LogP contribution is 2.41. The van der Waals surface area contributed by atoms with Crippen LogP contribution in [0.2, 0.25) is 5.02 Å². The van der Waals surface area contributed by atoms with Gasteiger partial charge in [-0.1, -0.05) is 48.0 Å². The molecule has 2 heterocycles. The molecule has 0 aliphatic carbocycles. The van der Waals surface area contributed by atoms with Crippen LogP contribution in [0.15, 0.2) is 83.2 Å². The number of pyridine rings is 1. The first-order chi connectivity index (χ1) is 13.2. The van der Waals surface area contributed by atoms with Crippen molar-refractivity contribution in [2.75, 3.05) is 0 Å². The van der Waals surface area contributed by atoms with Crippen LogP contribution in [-0.2, 0) is 0 Å². The Bertz CT molecular complexity index is 1060. The van der Waals surface area contributed by atoms with Gasteiger partial charge in [0.05, 0.1) is 10.4 Å². The van der Waals surface area contributed by atoms with Crippen molar-refractivity contribution in [1.29, 1.82) is 0 Å². The molecule has 4 rings (SSSR count). The number of hydrogen-bond donors (Lipinski definition) is 0. The molecular formula is C22H16ClNOS2. The van der Waals surface area contributed by atoms with E-state index >= 15 is 0 Å². The summed E-state index contributed by atoms with van der Waals surface area (Å²) in [5, 5.41) is 3.72. The molecule has 0 amide bonds. The number of fused-ring (bicyclic) bond motifs is 1. The van der Waals surface area contributed by atoms with Crippen LogP contribution >= 0.6 is 34.7 Å². The molecule has 0 fully saturated rings. The standard InChI is InChI=1S/C22H16ClNOS2/c23-17-10-8-15(9-11-17)21(14-18(25)19-7-3-13-26-19)27-20-6-1-4-16-5-2-12-24-22(16)20/h1-13,21H,14H2. The van der Waals surface area contributed by atoms with Crippen LogP contribution in [0, 0.1) is 0 Å². The first-order valence-electron chi connectivity index (χ1n) is 8.53. The van der Waals surface area contributed by atoms with Gasteiger partial charge in [0.25, 0.3) is 0 Å². The predicted molar refractivity (Wildman–Crippen MR) is 115 cm³/mol. The van der Waals surface area contributed by atoms with E-state index in [1.807, 2.05) is 53.9 Å². The molecule has 27 heavy (non-hydrogen) atoms. The van der Waals surface area contributed by atoms with Gasteiger partial charge in [0.2, 0.25) is 0 Å². The normalized spacial score (nSPS) is 12.2. The van der Waals surface area contributed by atoms with Gasteiger partial charge in [-0.3, -0.25) is 9.78 Å². The first kappa shape index (κ1) is 18.2. The number of hydrogen-bond acceptors (Lipinski definition) is 4. The van der Waals surface area contributed by atoms with Gasteiger partial charge in [-0.15, -0.1) is 23.1 Å². The van der Waals surface area contributed by atoms with Gasteiger partial charge in [-0.05, 0) is 41.3 Å². The molecule has 0 aliphatic heterocycles. The second-order valence-corrected chi connectivity index (χ2v) is 8.72. The predicted octanol–water partition coefficient (Wildman–Crippen LogP) is 7.06. The lowest BCUT2D eigenvalue weighted by Crippen LogP contribution is -2.04. The number of carbonyl (C=O) groups excluding carboxylic acids is 1. The Morgan fingerprint density at radius 1 is 1.04 bits per heavy atom. The highest BCUT2D eigenvalue weighted by atomic mass is 35.5. The topological polar surface area (TPSA) is 30.0 Å². The molecule has 2 aromatic heterocycles. The van der Waals surface area contributed by atoms with Crippen LogP contribution in [0.3, 0.4) is 0 Å². The minimum absolute atomic E-state index is 0.00975. The summed E-state index contributed by atoms with van der Waals surface area (Å²) in [4.78, 5) is 19.2. The van der Waals surface area contributed by atoms with Gasteiger partial charge in [-0.2, -0.15) is 0 Å². The molecule has 0 aliphatic rings. The number of nitrogens with zero attached hydrogens (tertiary/aromatic N) is 1. The number of Topliss-reactive ketones (excluding diaryl/α,β-unsaturated/α-hetero) is 1. The lowest BCUT2D eigenvalue weighted by Gasteiger charge is -2.17. The lowest BCUT2D eigenvalue weighted by atomic mass is 10.1. The Balaban J connectivity index is 1.68. The highest BCUT2D eigenvalue weighted by Gasteiger charge is 2.20. The van der Waals surface area contributed by atoms with Crippen molar-refractivity contribution in [1.82, 2.24) is 4.98 Å². The third-order valence-corrected chi connectivity index (χ3v) is 6.74. The molecule has 0 saturated heterocycles. The van der Waals surface area contributed by atoms with Crippen molar-refractivity contribution in [3.05, 3.63) is 93.8 Å². The molecule has 5 heteroatoms. The second-order valence-electron chi connectivity index (χ2n) is 6.09. The van der Waals surface area contributed by atoms with Crippen LogP contribution in [0.5, 0.6) is 0 Å². The van der Waals surface area contributed by atoms with Gasteiger partial charge < -0.3 is 0 Å². The van der Waals surface area contributed by atoms with Crippen LogP contribution < -0.4 is 0 Å². The molecule has 1 atom stereocenters. The minimum Gasteiger partial charge on any atom is -0.293 e. The molecule has 134 valence electrons. The molecule has 0 bridgehead atoms. The zero-order valence-corrected chi connectivity index (χ0v) is 16.7. The summed E-state index contributed by atoms with van der Waals surface area (Å²) in [6.45, 7) is 0. The second kappa shape index (κ2) is 8.26. The summed E-state index contributed by atoms with van der Waals surface area (Å²) in [6, 6.07) is 21.7. The van der Waals surface area contributed by atoms with Crippen molar-refractivity contribution < 1.29 is 4.79 Å². The lowest BCUT2D eigenvalue weighted by molar-refractivity contribution is 0.0986. The van der Waals surface area contributed by atoms with E-state index in [9.17, 15) is 4.79 Å². The van der Waals surface area contributed by atoms with Crippen molar-refractivity contribution >= 4 is 51.4 Å². The van der Waals surface area contributed by atoms with E-state index in [1.54, 1.807) is 18.0 Å². The largest absolute Gasteiger partial charge is 0.293 e. The highest BCUT2D eigenvalue weighted by molar-refractivity contribution is 7.99. The summed E-state index contributed by atoms with van der Waals surface area (Å²) in [5.41, 5.74) is 2.05. The van der Waals surface area contributed by atoms with Gasteiger partial charge >= 0.3 is 0 Å². The van der Waals surface area contributed by atoms with Gasteiger partial charge in [-0.25, -0.2) is 0 Å². The van der Waals surface area contributed by atoms with Crippen molar-refractivity contribution in [2.24, 2.45) is 0 Å². The summed E-state index contributed by atoms with van der Waals surface area (Å²) in [6.07, 6.45) is 2.23. The van der Waals surface area contributed by atoms with Crippen molar-refractivity contribution in [3.8, 4) is 0 Å². The van der Waals surface area contributed by atoms with Crippen LogP contribution in [0.1, 0.15) is 26.9 Å². The van der Waals surface area contributed by atoms with E-state index in [0.29, 0.717) is 11.4 Å². The average molecular weight is 410 g/mol. The Morgan fingerprint density at radius 2 is 1.85 bits per heavy atom.